The highest BCUT2D eigenvalue weighted by Crippen LogP contribution is 2.32. The van der Waals surface area contributed by atoms with Crippen molar-refractivity contribution in [1.29, 1.82) is 0 Å². The Morgan fingerprint density at radius 2 is 2.14 bits per heavy atom. The van der Waals surface area contributed by atoms with E-state index >= 15 is 0 Å². The molecule has 0 aliphatic rings. The van der Waals surface area contributed by atoms with Gasteiger partial charge in [-0.1, -0.05) is 18.2 Å². The molecule has 0 aliphatic heterocycles. The molecule has 0 radical (unpaired) electrons. The number of rotatable bonds is 4. The van der Waals surface area contributed by atoms with Crippen LogP contribution in [0.15, 0.2) is 35.7 Å². The summed E-state index contributed by atoms with van der Waals surface area (Å²) in [5, 5.41) is 3.43. The number of H-pyrrole nitrogens is 1. The minimum atomic E-state index is -0.641. The Morgan fingerprint density at radius 3 is 2.76 bits per heavy atom. The average Bonchev–Trinajstić information content (AvgIpc) is 3.12. The molecule has 3 rings (SSSR count). The van der Waals surface area contributed by atoms with Crippen molar-refractivity contribution in [2.75, 3.05) is 5.01 Å². The Labute approximate surface area is 123 Å². The summed E-state index contributed by atoms with van der Waals surface area (Å²) in [5.74, 6) is 5.11. The fourth-order valence-electron chi connectivity index (χ4n) is 2.28. The topological polar surface area (TPSA) is 105 Å². The van der Waals surface area contributed by atoms with Gasteiger partial charge in [-0.05, 0) is 23.1 Å². The van der Waals surface area contributed by atoms with E-state index in [-0.39, 0.29) is 11.4 Å². The first-order valence-electron chi connectivity index (χ1n) is 6.10. The van der Waals surface area contributed by atoms with Gasteiger partial charge < -0.3 is 10.7 Å². The van der Waals surface area contributed by atoms with E-state index in [2.05, 4.69) is 4.98 Å². The second-order valence-electron chi connectivity index (χ2n) is 4.46. The highest BCUT2D eigenvalue weighted by molar-refractivity contribution is 7.13. The van der Waals surface area contributed by atoms with E-state index in [0.29, 0.717) is 17.3 Å². The van der Waals surface area contributed by atoms with Crippen LogP contribution < -0.4 is 16.6 Å². The van der Waals surface area contributed by atoms with Gasteiger partial charge in [0.25, 0.3) is 5.91 Å². The number of carbonyl (C=O) groups is 2. The number of nitrogens with zero attached hydrogens (tertiary/aromatic N) is 1. The molecule has 0 saturated heterocycles. The van der Waals surface area contributed by atoms with Crippen molar-refractivity contribution in [3.63, 3.8) is 0 Å². The summed E-state index contributed by atoms with van der Waals surface area (Å²) >= 11 is 1.62. The van der Waals surface area contributed by atoms with Crippen LogP contribution in [0.2, 0.25) is 0 Å². The molecule has 2 heterocycles. The lowest BCUT2D eigenvalue weighted by Gasteiger charge is -2.08. The molecule has 0 unspecified atom stereocenters. The summed E-state index contributed by atoms with van der Waals surface area (Å²) in [6, 6.07) is 9.57. The van der Waals surface area contributed by atoms with Crippen LogP contribution in [-0.4, -0.2) is 17.3 Å². The molecule has 0 saturated carbocycles. The SMILES string of the molecule is NC(=O)c1c(N(N)C=O)[nH]c2cc(-c3cccs3)ccc12. The van der Waals surface area contributed by atoms with Gasteiger partial charge in [-0.25, -0.2) is 10.9 Å². The number of thiophene rings is 1. The van der Waals surface area contributed by atoms with Gasteiger partial charge in [0.05, 0.1) is 5.56 Å². The predicted octanol–water partition coefficient (Wildman–Crippen LogP) is 1.83. The first-order valence-corrected chi connectivity index (χ1v) is 6.98. The van der Waals surface area contributed by atoms with Crippen LogP contribution in [0.3, 0.4) is 0 Å². The molecular formula is C14H12N4O2S. The molecule has 21 heavy (non-hydrogen) atoms. The van der Waals surface area contributed by atoms with Gasteiger partial charge in [0.2, 0.25) is 6.41 Å². The van der Waals surface area contributed by atoms with E-state index in [1.165, 1.54) is 0 Å². The monoisotopic (exact) mass is 300 g/mol. The van der Waals surface area contributed by atoms with Crippen LogP contribution >= 0.6 is 11.3 Å². The molecule has 6 nitrogen and oxygen atoms in total. The maximum Gasteiger partial charge on any atom is 0.253 e. The van der Waals surface area contributed by atoms with Crippen LogP contribution in [0.5, 0.6) is 0 Å². The van der Waals surface area contributed by atoms with Crippen molar-refractivity contribution in [3.05, 3.63) is 41.3 Å². The lowest BCUT2D eigenvalue weighted by atomic mass is 10.1. The van der Waals surface area contributed by atoms with Crippen molar-refractivity contribution in [2.45, 2.75) is 0 Å². The summed E-state index contributed by atoms with van der Waals surface area (Å²) in [6.45, 7) is 0. The van der Waals surface area contributed by atoms with Gasteiger partial charge in [0.1, 0.15) is 5.82 Å². The quantitative estimate of drug-likeness (QED) is 0.296. The third-order valence-electron chi connectivity index (χ3n) is 3.20. The minimum Gasteiger partial charge on any atom is -0.365 e. The van der Waals surface area contributed by atoms with Crippen molar-refractivity contribution >= 4 is 40.4 Å². The van der Waals surface area contributed by atoms with Crippen LogP contribution in [0.25, 0.3) is 21.3 Å². The van der Waals surface area contributed by atoms with E-state index in [1.54, 1.807) is 17.4 Å². The smallest absolute Gasteiger partial charge is 0.253 e. The highest BCUT2D eigenvalue weighted by Gasteiger charge is 2.19. The molecule has 0 spiro atoms. The van der Waals surface area contributed by atoms with Crippen molar-refractivity contribution in [1.82, 2.24) is 4.98 Å². The molecule has 0 aliphatic carbocycles. The molecule has 3 aromatic rings. The number of nitrogens with two attached hydrogens (primary N) is 2. The van der Waals surface area contributed by atoms with Crippen LogP contribution in [-0.2, 0) is 4.79 Å². The number of fused-ring (bicyclic) bond motifs is 1. The van der Waals surface area contributed by atoms with Crippen LogP contribution in [0.1, 0.15) is 10.4 Å². The lowest BCUT2D eigenvalue weighted by molar-refractivity contribution is -0.107. The number of benzene rings is 1. The number of hydrogen-bond donors (Lipinski definition) is 3. The standard InChI is InChI=1S/C14H12N4O2S/c15-13(20)12-9-4-3-8(11-2-1-5-21-11)6-10(9)17-14(12)18(16)7-19/h1-7,17H,16H2,(H2,15,20). The highest BCUT2D eigenvalue weighted by atomic mass is 32.1. The van der Waals surface area contributed by atoms with Gasteiger partial charge in [-0.3, -0.25) is 9.59 Å². The van der Waals surface area contributed by atoms with E-state index in [0.717, 1.165) is 15.4 Å². The van der Waals surface area contributed by atoms with Gasteiger partial charge in [0.15, 0.2) is 0 Å². The van der Waals surface area contributed by atoms with Gasteiger partial charge in [0, 0.05) is 15.8 Å². The zero-order valence-corrected chi connectivity index (χ0v) is 11.7. The largest absolute Gasteiger partial charge is 0.365 e. The zero-order valence-electron chi connectivity index (χ0n) is 10.9. The summed E-state index contributed by atoms with van der Waals surface area (Å²) in [6.07, 6.45) is 0.414. The van der Waals surface area contributed by atoms with Crippen molar-refractivity contribution in [3.8, 4) is 10.4 Å². The maximum absolute atomic E-state index is 11.6. The Balaban J connectivity index is 2.23. The first-order chi connectivity index (χ1) is 10.1. The van der Waals surface area contributed by atoms with E-state index in [9.17, 15) is 9.59 Å². The molecule has 0 fully saturated rings. The summed E-state index contributed by atoms with van der Waals surface area (Å²) < 4.78 is 0. The number of aromatic amines is 1. The number of nitrogens with one attached hydrogen (secondary N) is 1. The molecule has 1 aromatic carbocycles. The molecule has 0 bridgehead atoms. The molecule has 7 heteroatoms. The summed E-state index contributed by atoms with van der Waals surface area (Å²) in [7, 11) is 0. The number of hydrogen-bond acceptors (Lipinski definition) is 4. The lowest BCUT2D eigenvalue weighted by Crippen LogP contribution is -2.31. The van der Waals surface area contributed by atoms with E-state index in [1.807, 2.05) is 29.6 Å². The molecule has 2 aromatic heterocycles. The Bertz CT molecular complexity index is 823. The first kappa shape index (κ1) is 13.3. The van der Waals surface area contributed by atoms with Gasteiger partial charge in [-0.15, -0.1) is 11.3 Å². The van der Waals surface area contributed by atoms with Crippen molar-refractivity contribution < 1.29 is 9.59 Å². The molecular weight excluding hydrogens is 288 g/mol. The number of amides is 2. The number of primary amides is 1. The fraction of sp³-hybridized carbons (Fsp3) is 0. The van der Waals surface area contributed by atoms with E-state index in [4.69, 9.17) is 11.6 Å². The fourth-order valence-corrected chi connectivity index (χ4v) is 3.00. The summed E-state index contributed by atoms with van der Waals surface area (Å²) in [5.41, 5.74) is 7.31. The maximum atomic E-state index is 11.6. The molecule has 0 atom stereocenters. The number of anilines is 1. The normalized spacial score (nSPS) is 10.7. The predicted molar refractivity (Wildman–Crippen MR) is 82.9 cm³/mol. The molecule has 2 amide bonds. The third-order valence-corrected chi connectivity index (χ3v) is 4.12. The number of carbonyl (C=O) groups excluding carboxylic acids is 2. The second-order valence-corrected chi connectivity index (χ2v) is 5.41. The Hall–Kier alpha value is -2.64. The average molecular weight is 300 g/mol. The second kappa shape index (κ2) is 5.04. The van der Waals surface area contributed by atoms with Crippen LogP contribution in [0, 0.1) is 0 Å². The zero-order chi connectivity index (χ0) is 15.0. The van der Waals surface area contributed by atoms with Crippen LogP contribution in [0.4, 0.5) is 5.82 Å². The molecule has 5 N–H and O–H groups in total. The Morgan fingerprint density at radius 1 is 1.33 bits per heavy atom. The Kier molecular flexibility index (Phi) is 3.20. The number of aromatic nitrogens is 1. The van der Waals surface area contributed by atoms with Gasteiger partial charge in [-0.2, -0.15) is 0 Å². The summed E-state index contributed by atoms with van der Waals surface area (Å²) in [4.78, 5) is 26.6. The molecule has 106 valence electrons. The number of hydrazine groups is 1. The van der Waals surface area contributed by atoms with E-state index < -0.39 is 5.91 Å². The van der Waals surface area contributed by atoms with Crippen molar-refractivity contribution in [2.24, 2.45) is 11.6 Å². The minimum absolute atomic E-state index is 0.191. The third kappa shape index (κ3) is 2.18. The van der Waals surface area contributed by atoms with Gasteiger partial charge >= 0.3 is 0 Å².